The number of nitrogen functional groups attached to an aromatic ring is 1. The zero-order valence-electron chi connectivity index (χ0n) is 10.4. The summed E-state index contributed by atoms with van der Waals surface area (Å²) in [4.78, 5) is 16.0. The van der Waals surface area contributed by atoms with Crippen molar-refractivity contribution in [3.8, 4) is 17.7 Å². The van der Waals surface area contributed by atoms with Crippen LogP contribution in [0.2, 0.25) is 10.0 Å². The van der Waals surface area contributed by atoms with E-state index in [1.54, 1.807) is 35.2 Å². The van der Waals surface area contributed by atoms with Gasteiger partial charge in [0, 0.05) is 22.4 Å². The van der Waals surface area contributed by atoms with E-state index in [1.807, 2.05) is 0 Å². The number of imidazole rings is 1. The third kappa shape index (κ3) is 3.21. The molecule has 2 N–H and O–H groups in total. The molecule has 0 aliphatic heterocycles. The van der Waals surface area contributed by atoms with E-state index in [2.05, 4.69) is 19.9 Å². The Morgan fingerprint density at radius 2 is 1.81 bits per heavy atom. The van der Waals surface area contributed by atoms with Crippen molar-refractivity contribution in [1.82, 2.24) is 24.5 Å². The standard InChI is InChI=1S/C12H8Cl2N6O/c13-7-3-8(14)5-9(4-7)21-12-18-10(15)17-11(19-12)20-2-1-16-6-20/h1-6H,(H2,15,17,18,19). The molecule has 0 spiro atoms. The summed E-state index contributed by atoms with van der Waals surface area (Å²) >= 11 is 11.8. The Balaban J connectivity index is 1.95. The number of hydrogen-bond donors (Lipinski definition) is 1. The van der Waals surface area contributed by atoms with Gasteiger partial charge >= 0.3 is 6.01 Å². The van der Waals surface area contributed by atoms with Crippen LogP contribution in [0.4, 0.5) is 5.95 Å². The largest absolute Gasteiger partial charge is 0.424 e. The molecule has 0 atom stereocenters. The van der Waals surface area contributed by atoms with Gasteiger partial charge in [-0.1, -0.05) is 23.2 Å². The average molecular weight is 323 g/mol. The summed E-state index contributed by atoms with van der Waals surface area (Å²) in [6.07, 6.45) is 4.81. The molecule has 106 valence electrons. The first-order valence-corrected chi connectivity index (χ1v) is 6.49. The molecule has 3 rings (SSSR count). The van der Waals surface area contributed by atoms with Gasteiger partial charge in [0.1, 0.15) is 12.1 Å². The number of aromatic nitrogens is 5. The van der Waals surface area contributed by atoms with Gasteiger partial charge in [-0.25, -0.2) is 4.98 Å². The van der Waals surface area contributed by atoms with Crippen molar-refractivity contribution in [3.63, 3.8) is 0 Å². The summed E-state index contributed by atoms with van der Waals surface area (Å²) in [6.45, 7) is 0. The Morgan fingerprint density at radius 1 is 1.05 bits per heavy atom. The number of rotatable bonds is 3. The van der Waals surface area contributed by atoms with Crippen LogP contribution in [0, 0.1) is 0 Å². The fourth-order valence-corrected chi connectivity index (χ4v) is 2.10. The molecule has 0 bridgehead atoms. The van der Waals surface area contributed by atoms with Gasteiger partial charge in [0.15, 0.2) is 0 Å². The highest BCUT2D eigenvalue weighted by molar-refractivity contribution is 6.34. The molecule has 0 fully saturated rings. The third-order valence-corrected chi connectivity index (χ3v) is 2.84. The summed E-state index contributed by atoms with van der Waals surface area (Å²) < 4.78 is 7.09. The van der Waals surface area contributed by atoms with Gasteiger partial charge in [0.05, 0.1) is 0 Å². The van der Waals surface area contributed by atoms with Gasteiger partial charge in [-0.3, -0.25) is 4.57 Å². The molecule has 0 saturated heterocycles. The molecular weight excluding hydrogens is 315 g/mol. The van der Waals surface area contributed by atoms with E-state index in [0.717, 1.165) is 0 Å². The van der Waals surface area contributed by atoms with Crippen molar-refractivity contribution in [3.05, 3.63) is 47.0 Å². The molecule has 0 unspecified atom stereocenters. The maximum absolute atomic E-state index is 5.91. The first-order valence-electron chi connectivity index (χ1n) is 5.74. The van der Waals surface area contributed by atoms with E-state index < -0.39 is 0 Å². The first-order chi connectivity index (χ1) is 10.1. The number of benzene rings is 1. The Hall–Kier alpha value is -2.38. The lowest BCUT2D eigenvalue weighted by Gasteiger charge is -2.07. The second kappa shape index (κ2) is 5.55. The number of ether oxygens (including phenoxy) is 1. The number of anilines is 1. The molecule has 9 heteroatoms. The summed E-state index contributed by atoms with van der Waals surface area (Å²) in [7, 11) is 0. The second-order valence-electron chi connectivity index (χ2n) is 3.95. The summed E-state index contributed by atoms with van der Waals surface area (Å²) in [5.74, 6) is 0.717. The SMILES string of the molecule is Nc1nc(Oc2cc(Cl)cc(Cl)c2)nc(-n2ccnc2)n1. The first kappa shape index (κ1) is 13.6. The lowest BCUT2D eigenvalue weighted by Crippen LogP contribution is -2.06. The average Bonchev–Trinajstić information content (AvgIpc) is 2.90. The van der Waals surface area contributed by atoms with Crippen LogP contribution in [0.15, 0.2) is 36.9 Å². The molecule has 7 nitrogen and oxygen atoms in total. The predicted molar refractivity (Wildman–Crippen MR) is 77.9 cm³/mol. The molecule has 0 radical (unpaired) electrons. The Labute approximate surface area is 129 Å². The van der Waals surface area contributed by atoms with Gasteiger partial charge in [-0.15, -0.1) is 0 Å². The number of halogens is 2. The van der Waals surface area contributed by atoms with Crippen LogP contribution >= 0.6 is 23.2 Å². The van der Waals surface area contributed by atoms with E-state index in [-0.39, 0.29) is 12.0 Å². The summed E-state index contributed by atoms with van der Waals surface area (Å²) in [5, 5.41) is 0.878. The summed E-state index contributed by atoms with van der Waals surface area (Å²) in [5.41, 5.74) is 5.65. The molecule has 2 aromatic heterocycles. The van der Waals surface area contributed by atoms with E-state index >= 15 is 0 Å². The molecular formula is C12H8Cl2N6O. The highest BCUT2D eigenvalue weighted by atomic mass is 35.5. The van der Waals surface area contributed by atoms with Crippen LogP contribution in [0.25, 0.3) is 5.95 Å². The lowest BCUT2D eigenvalue weighted by molar-refractivity contribution is 0.439. The molecule has 21 heavy (non-hydrogen) atoms. The van der Waals surface area contributed by atoms with Crippen molar-refractivity contribution in [2.24, 2.45) is 0 Å². The molecule has 0 amide bonds. The van der Waals surface area contributed by atoms with Crippen LogP contribution in [0.3, 0.4) is 0 Å². The Morgan fingerprint density at radius 3 is 2.48 bits per heavy atom. The number of nitrogens with zero attached hydrogens (tertiary/aromatic N) is 5. The maximum Gasteiger partial charge on any atom is 0.328 e. The van der Waals surface area contributed by atoms with Crippen molar-refractivity contribution in [2.45, 2.75) is 0 Å². The normalized spacial score (nSPS) is 10.6. The minimum atomic E-state index is 0.0248. The van der Waals surface area contributed by atoms with E-state index in [0.29, 0.717) is 21.7 Å². The van der Waals surface area contributed by atoms with Gasteiger partial charge in [-0.05, 0) is 18.2 Å². The maximum atomic E-state index is 5.91. The lowest BCUT2D eigenvalue weighted by atomic mass is 10.3. The van der Waals surface area contributed by atoms with Crippen molar-refractivity contribution < 1.29 is 4.74 Å². The van der Waals surface area contributed by atoms with Crippen LogP contribution in [0.1, 0.15) is 0 Å². The smallest absolute Gasteiger partial charge is 0.328 e. The molecule has 1 aromatic carbocycles. The zero-order chi connectivity index (χ0) is 14.8. The third-order valence-electron chi connectivity index (χ3n) is 2.40. The summed E-state index contributed by atoms with van der Waals surface area (Å²) in [6, 6.07) is 4.80. The number of nitrogens with two attached hydrogens (primary N) is 1. The highest BCUT2D eigenvalue weighted by Crippen LogP contribution is 2.27. The second-order valence-corrected chi connectivity index (χ2v) is 4.83. The predicted octanol–water partition coefficient (Wildman–Crippen LogP) is 2.74. The zero-order valence-corrected chi connectivity index (χ0v) is 12.0. The number of hydrogen-bond acceptors (Lipinski definition) is 6. The van der Waals surface area contributed by atoms with Crippen LogP contribution in [-0.4, -0.2) is 24.5 Å². The molecule has 0 aliphatic carbocycles. The van der Waals surface area contributed by atoms with E-state index in [9.17, 15) is 0 Å². The molecule has 3 aromatic rings. The highest BCUT2D eigenvalue weighted by Gasteiger charge is 2.09. The quantitative estimate of drug-likeness (QED) is 0.797. The van der Waals surface area contributed by atoms with Gasteiger partial charge < -0.3 is 10.5 Å². The monoisotopic (exact) mass is 322 g/mol. The van der Waals surface area contributed by atoms with Crippen molar-refractivity contribution >= 4 is 29.2 Å². The van der Waals surface area contributed by atoms with Gasteiger partial charge in [0.2, 0.25) is 11.9 Å². The fraction of sp³-hybridized carbons (Fsp3) is 0. The fourth-order valence-electron chi connectivity index (χ4n) is 1.59. The Bertz CT molecular complexity index is 757. The topological polar surface area (TPSA) is 91.7 Å². The van der Waals surface area contributed by atoms with Crippen molar-refractivity contribution in [2.75, 3.05) is 5.73 Å². The van der Waals surface area contributed by atoms with Crippen LogP contribution in [-0.2, 0) is 0 Å². The molecule has 2 heterocycles. The van der Waals surface area contributed by atoms with E-state index in [4.69, 9.17) is 33.7 Å². The van der Waals surface area contributed by atoms with E-state index in [1.165, 1.54) is 6.33 Å². The minimum absolute atomic E-state index is 0.0248. The van der Waals surface area contributed by atoms with Crippen molar-refractivity contribution in [1.29, 1.82) is 0 Å². The van der Waals surface area contributed by atoms with Crippen LogP contribution < -0.4 is 10.5 Å². The molecule has 0 aliphatic rings. The molecule has 0 saturated carbocycles. The van der Waals surface area contributed by atoms with Gasteiger partial charge in [0.25, 0.3) is 0 Å². The van der Waals surface area contributed by atoms with Crippen LogP contribution in [0.5, 0.6) is 11.8 Å². The Kier molecular flexibility index (Phi) is 3.59. The van der Waals surface area contributed by atoms with Gasteiger partial charge in [-0.2, -0.15) is 15.0 Å². The minimum Gasteiger partial charge on any atom is -0.424 e.